The predicted molar refractivity (Wildman–Crippen MR) is 218 cm³/mol. The molecule has 4 aromatic rings. The molecular formula is C42H40Cl2F6N4O10. The molecule has 0 saturated carbocycles. The van der Waals surface area contributed by atoms with Crippen molar-refractivity contribution in [3.05, 3.63) is 128 Å². The molecule has 0 unspecified atom stereocenters. The van der Waals surface area contributed by atoms with Crippen LogP contribution in [0.15, 0.2) is 84.9 Å². The lowest BCUT2D eigenvalue weighted by Gasteiger charge is -2.24. The Kier molecular flexibility index (Phi) is 18.0. The second kappa shape index (κ2) is 22.2. The second-order valence-corrected chi connectivity index (χ2v) is 15.3. The van der Waals surface area contributed by atoms with Crippen molar-refractivity contribution in [3.8, 4) is 11.5 Å². The van der Waals surface area contributed by atoms with Gasteiger partial charge in [0.15, 0.2) is 0 Å². The minimum Gasteiger partial charge on any atom is -0.487 e. The Hall–Kier alpha value is -6.54. The molecule has 4 amide bonds. The van der Waals surface area contributed by atoms with E-state index in [0.717, 1.165) is 36.4 Å². The number of ether oxygens (including phenoxy) is 3. The molecule has 344 valence electrons. The van der Waals surface area contributed by atoms with Gasteiger partial charge in [0.1, 0.15) is 42.4 Å². The van der Waals surface area contributed by atoms with Crippen LogP contribution in [0.5, 0.6) is 11.5 Å². The molecule has 0 spiro atoms. The highest BCUT2D eigenvalue weighted by Gasteiger charge is 2.33. The van der Waals surface area contributed by atoms with Crippen molar-refractivity contribution in [3.63, 3.8) is 0 Å². The third-order valence-corrected chi connectivity index (χ3v) is 8.69. The van der Waals surface area contributed by atoms with E-state index in [2.05, 4.69) is 10.6 Å². The number of carbonyl (C=O) groups is 6. The fourth-order valence-electron chi connectivity index (χ4n) is 5.17. The maximum absolute atomic E-state index is 12.8. The molecule has 0 radical (unpaired) electrons. The predicted octanol–water partition coefficient (Wildman–Crippen LogP) is 7.25. The lowest BCUT2D eigenvalue weighted by atomic mass is 10.1. The van der Waals surface area contributed by atoms with Gasteiger partial charge in [-0.2, -0.15) is 26.3 Å². The van der Waals surface area contributed by atoms with E-state index in [0.29, 0.717) is 11.1 Å². The number of halogens is 8. The van der Waals surface area contributed by atoms with Crippen LogP contribution in [0.4, 0.5) is 26.3 Å². The molecular weight excluding hydrogens is 905 g/mol. The summed E-state index contributed by atoms with van der Waals surface area (Å²) in [5.41, 5.74) is 8.71. The number of aliphatic carboxylic acids is 1. The Morgan fingerprint density at radius 3 is 1.36 bits per heavy atom. The number of carboxylic acid groups (broad SMARTS) is 1. The summed E-state index contributed by atoms with van der Waals surface area (Å²) in [7, 11) is 0. The second-order valence-electron chi connectivity index (χ2n) is 14.5. The van der Waals surface area contributed by atoms with Gasteiger partial charge >= 0.3 is 24.3 Å². The first-order valence-electron chi connectivity index (χ1n) is 18.4. The number of carboxylic acids is 1. The van der Waals surface area contributed by atoms with E-state index in [4.69, 9.17) is 54.0 Å². The first-order valence-corrected chi connectivity index (χ1v) is 19.2. The van der Waals surface area contributed by atoms with Crippen LogP contribution >= 0.6 is 23.2 Å². The van der Waals surface area contributed by atoms with E-state index in [1.165, 1.54) is 30.3 Å². The summed E-state index contributed by atoms with van der Waals surface area (Å²) in [5, 5.41) is 13.2. The lowest BCUT2D eigenvalue weighted by molar-refractivity contribution is -0.158. The van der Waals surface area contributed by atoms with Gasteiger partial charge in [0, 0.05) is 11.1 Å². The van der Waals surface area contributed by atoms with Crippen molar-refractivity contribution >= 4 is 58.8 Å². The minimum absolute atomic E-state index is 0.0203. The molecule has 2 atom stereocenters. The summed E-state index contributed by atoms with van der Waals surface area (Å²) in [5.74, 6) is -5.27. The van der Waals surface area contributed by atoms with Crippen molar-refractivity contribution in [2.45, 2.75) is 76.9 Å². The van der Waals surface area contributed by atoms with E-state index < -0.39 is 89.6 Å². The third kappa shape index (κ3) is 17.0. The molecule has 4 aromatic carbocycles. The summed E-state index contributed by atoms with van der Waals surface area (Å²) in [4.78, 5) is 70.7. The van der Waals surface area contributed by atoms with Gasteiger partial charge in [-0.1, -0.05) is 47.5 Å². The zero-order valence-electron chi connectivity index (χ0n) is 33.9. The Labute approximate surface area is 371 Å². The topological polar surface area (TPSA) is 226 Å². The molecule has 0 heterocycles. The highest BCUT2D eigenvalue weighted by molar-refractivity contribution is 6.32. The first kappa shape index (κ1) is 51.8. The molecule has 0 aliphatic carbocycles. The van der Waals surface area contributed by atoms with Crippen LogP contribution in [-0.4, -0.2) is 58.4 Å². The number of nitrogens with one attached hydrogen (secondary N) is 2. The monoisotopic (exact) mass is 944 g/mol. The number of nitrogens with two attached hydrogens (primary N) is 2. The molecule has 0 saturated heterocycles. The van der Waals surface area contributed by atoms with Gasteiger partial charge in [-0.3, -0.25) is 19.2 Å². The van der Waals surface area contributed by atoms with Crippen LogP contribution in [0.3, 0.4) is 0 Å². The number of amides is 4. The molecule has 4 rings (SSSR count). The van der Waals surface area contributed by atoms with Crippen LogP contribution in [0, 0.1) is 0 Å². The maximum atomic E-state index is 12.8. The Balaban J connectivity index is 0.000000343. The minimum atomic E-state index is -4.54. The molecule has 64 heavy (non-hydrogen) atoms. The summed E-state index contributed by atoms with van der Waals surface area (Å²) in [6.45, 7) is 4.71. The summed E-state index contributed by atoms with van der Waals surface area (Å²) >= 11 is 11.7. The number of hydrogen-bond donors (Lipinski definition) is 5. The van der Waals surface area contributed by atoms with Crippen molar-refractivity contribution in [1.82, 2.24) is 10.6 Å². The van der Waals surface area contributed by atoms with Crippen molar-refractivity contribution in [1.29, 1.82) is 0 Å². The third-order valence-electron chi connectivity index (χ3n) is 8.10. The standard InChI is InChI=1S/C23H24ClF3N2O5.C19H16ClF3N2O5/c1-22(2,3)34-21(32)17(11-19(28)30)29-20(31)14-6-4-5-13(9-14)12-33-18-8-7-15(10-16(18)24)23(25,26)27;20-13-7-12(19(21,22)23)4-5-15(13)30-9-10-2-1-3-11(6-10)17(27)25-14(18(28)29)8-16(24)26/h4-10,17H,11-12H2,1-3H3,(H2,28,30)(H,29,31);1-7,14H,8-9H2,(H2,24,26)(H,25,27)(H,28,29)/t17-;14-/m00/s1. The van der Waals surface area contributed by atoms with E-state index in [1.54, 1.807) is 39.0 Å². The van der Waals surface area contributed by atoms with Gasteiger partial charge in [-0.05, 0) is 92.6 Å². The highest BCUT2D eigenvalue weighted by atomic mass is 35.5. The van der Waals surface area contributed by atoms with E-state index in [-0.39, 0.29) is 45.9 Å². The van der Waals surface area contributed by atoms with Gasteiger partial charge in [0.25, 0.3) is 11.8 Å². The zero-order chi connectivity index (χ0) is 48.2. The quantitative estimate of drug-likeness (QED) is 0.0559. The number of alkyl halides is 6. The van der Waals surface area contributed by atoms with E-state index >= 15 is 0 Å². The Morgan fingerprint density at radius 1 is 0.625 bits per heavy atom. The van der Waals surface area contributed by atoms with Crippen molar-refractivity contribution in [2.24, 2.45) is 11.5 Å². The van der Waals surface area contributed by atoms with Crippen LogP contribution < -0.4 is 31.6 Å². The molecule has 22 heteroatoms. The largest absolute Gasteiger partial charge is 0.487 e. The van der Waals surface area contributed by atoms with Gasteiger partial charge in [0.05, 0.1) is 34.0 Å². The summed E-state index contributed by atoms with van der Waals surface area (Å²) < 4.78 is 92.5. The van der Waals surface area contributed by atoms with Crippen LogP contribution in [-0.2, 0) is 49.5 Å². The van der Waals surface area contributed by atoms with Gasteiger partial charge < -0.3 is 41.4 Å². The van der Waals surface area contributed by atoms with Crippen molar-refractivity contribution < 1.29 is 74.4 Å². The molecule has 14 nitrogen and oxygen atoms in total. The molecule has 0 bridgehead atoms. The fourth-order valence-corrected chi connectivity index (χ4v) is 5.64. The summed E-state index contributed by atoms with van der Waals surface area (Å²) in [6, 6.07) is 14.6. The Morgan fingerprint density at radius 2 is 1.02 bits per heavy atom. The number of rotatable bonds is 16. The maximum Gasteiger partial charge on any atom is 0.416 e. The van der Waals surface area contributed by atoms with Gasteiger partial charge in [-0.15, -0.1) is 0 Å². The number of hydrogen-bond acceptors (Lipinski definition) is 9. The first-order chi connectivity index (χ1) is 29.6. The number of carbonyl (C=O) groups excluding carboxylic acids is 5. The average Bonchev–Trinajstić information content (AvgIpc) is 3.18. The van der Waals surface area contributed by atoms with Gasteiger partial charge in [0.2, 0.25) is 11.8 Å². The average molecular weight is 946 g/mol. The van der Waals surface area contributed by atoms with Crippen molar-refractivity contribution in [2.75, 3.05) is 0 Å². The highest BCUT2D eigenvalue weighted by Crippen LogP contribution is 2.36. The molecule has 0 aromatic heterocycles. The van der Waals surface area contributed by atoms with Crippen LogP contribution in [0.25, 0.3) is 0 Å². The fraction of sp³-hybridized carbons (Fsp3) is 0.286. The van der Waals surface area contributed by atoms with Gasteiger partial charge in [-0.25, -0.2) is 9.59 Å². The Bertz CT molecular complexity index is 2360. The smallest absolute Gasteiger partial charge is 0.416 e. The SMILES string of the molecule is CC(C)(C)OC(=O)[C@H](CC(N)=O)NC(=O)c1cccc(COc2ccc(C(F)(F)F)cc2Cl)c1.NC(=O)C[C@H](NC(=O)c1cccc(COc2ccc(C(F)(F)F)cc2Cl)c1)C(=O)O. The number of benzene rings is 4. The molecule has 0 aliphatic rings. The summed E-state index contributed by atoms with van der Waals surface area (Å²) in [6.07, 6.45) is -10.1. The molecule has 0 fully saturated rings. The van der Waals surface area contributed by atoms with Crippen LogP contribution in [0.1, 0.15) is 76.6 Å². The van der Waals surface area contributed by atoms with E-state index in [1.807, 2.05) is 0 Å². The molecule has 0 aliphatic heterocycles. The number of primary amides is 2. The normalized spacial score (nSPS) is 12.4. The number of esters is 1. The molecule has 7 N–H and O–H groups in total. The van der Waals surface area contributed by atoms with E-state index in [9.17, 15) is 55.1 Å². The lowest BCUT2D eigenvalue weighted by Crippen LogP contribution is -2.46. The zero-order valence-corrected chi connectivity index (χ0v) is 35.4. The van der Waals surface area contributed by atoms with Crippen LogP contribution in [0.2, 0.25) is 10.0 Å².